The summed E-state index contributed by atoms with van der Waals surface area (Å²) in [7, 11) is 0. The van der Waals surface area contributed by atoms with Gasteiger partial charge in [0.1, 0.15) is 18.2 Å². The molecule has 0 radical (unpaired) electrons. The monoisotopic (exact) mass is 280 g/mol. The lowest BCUT2D eigenvalue weighted by Crippen LogP contribution is -2.07. The van der Waals surface area contributed by atoms with E-state index in [2.05, 4.69) is 6.07 Å². The summed E-state index contributed by atoms with van der Waals surface area (Å²) in [6.07, 6.45) is 1.97. The van der Waals surface area contributed by atoms with Crippen LogP contribution in [0.15, 0.2) is 54.7 Å². The molecule has 0 aliphatic rings. The highest BCUT2D eigenvalue weighted by Gasteiger charge is 2.03. The number of rotatable bonds is 4. The largest absolute Gasteiger partial charge is 0.492 e. The maximum Gasteiger partial charge on any atom is 0.123 e. The molecule has 104 valence electrons. The van der Waals surface area contributed by atoms with Gasteiger partial charge in [0, 0.05) is 11.7 Å². The summed E-state index contributed by atoms with van der Waals surface area (Å²) < 4.78 is 20.4. The molecule has 1 aromatic heterocycles. The van der Waals surface area contributed by atoms with E-state index in [0.29, 0.717) is 24.5 Å². The Bertz CT molecular complexity index is 800. The van der Waals surface area contributed by atoms with Crippen molar-refractivity contribution >= 4 is 10.9 Å². The van der Waals surface area contributed by atoms with Crippen molar-refractivity contribution < 1.29 is 9.13 Å². The van der Waals surface area contributed by atoms with Crippen molar-refractivity contribution in [3.63, 3.8) is 0 Å². The first-order valence-corrected chi connectivity index (χ1v) is 6.63. The molecular formula is C17H13FN2O. The zero-order chi connectivity index (χ0) is 14.7. The lowest BCUT2D eigenvalue weighted by atomic mass is 10.2. The molecule has 0 aliphatic carbocycles. The highest BCUT2D eigenvalue weighted by Crippen LogP contribution is 2.18. The Balaban J connectivity index is 1.70. The predicted molar refractivity (Wildman–Crippen MR) is 78.5 cm³/mol. The van der Waals surface area contributed by atoms with Crippen LogP contribution in [-0.2, 0) is 6.54 Å². The molecule has 3 aromatic rings. The molecule has 0 bridgehead atoms. The average Bonchev–Trinajstić information content (AvgIpc) is 2.91. The van der Waals surface area contributed by atoms with Gasteiger partial charge in [-0.1, -0.05) is 6.07 Å². The lowest BCUT2D eigenvalue weighted by molar-refractivity contribution is 0.300. The lowest BCUT2D eigenvalue weighted by Gasteiger charge is -2.08. The van der Waals surface area contributed by atoms with Gasteiger partial charge in [0.15, 0.2) is 0 Å². The number of hydrogen-bond acceptors (Lipinski definition) is 2. The van der Waals surface area contributed by atoms with E-state index in [0.717, 1.165) is 10.9 Å². The van der Waals surface area contributed by atoms with Crippen LogP contribution in [0.5, 0.6) is 5.75 Å². The maximum atomic E-state index is 12.8. The Morgan fingerprint density at radius 1 is 1.10 bits per heavy atom. The normalized spacial score (nSPS) is 10.5. The molecule has 0 N–H and O–H groups in total. The smallest absolute Gasteiger partial charge is 0.123 e. The fourth-order valence-electron chi connectivity index (χ4n) is 2.24. The second-order valence-corrected chi connectivity index (χ2v) is 4.70. The molecule has 2 aromatic carbocycles. The van der Waals surface area contributed by atoms with Crippen LogP contribution in [0.4, 0.5) is 4.39 Å². The number of nitriles is 1. The van der Waals surface area contributed by atoms with Gasteiger partial charge in [-0.25, -0.2) is 4.39 Å². The Labute approximate surface area is 121 Å². The fraction of sp³-hybridized carbons (Fsp3) is 0.118. The molecule has 0 saturated heterocycles. The number of benzene rings is 2. The summed E-state index contributed by atoms with van der Waals surface area (Å²) in [5.74, 6) is 0.369. The molecule has 3 nitrogen and oxygen atoms in total. The summed E-state index contributed by atoms with van der Waals surface area (Å²) in [6.45, 7) is 1.14. The minimum Gasteiger partial charge on any atom is -0.492 e. The molecule has 0 aliphatic heterocycles. The van der Waals surface area contributed by atoms with E-state index >= 15 is 0 Å². The second kappa shape index (κ2) is 5.68. The number of hydrogen-bond donors (Lipinski definition) is 0. The zero-order valence-electron chi connectivity index (χ0n) is 11.3. The van der Waals surface area contributed by atoms with Gasteiger partial charge in [-0.15, -0.1) is 0 Å². The standard InChI is InChI=1S/C17H13FN2O/c18-15-3-5-16(6-4-15)21-10-9-20-8-7-14-2-1-13(12-19)11-17(14)20/h1-8,11H,9-10H2. The SMILES string of the molecule is N#Cc1ccc2ccn(CCOc3ccc(F)cc3)c2c1. The minimum absolute atomic E-state index is 0.275. The third-order valence-corrected chi connectivity index (χ3v) is 3.32. The number of fused-ring (bicyclic) bond motifs is 1. The molecule has 4 heteroatoms. The number of nitrogens with zero attached hydrogens (tertiary/aromatic N) is 2. The summed E-state index contributed by atoms with van der Waals surface area (Å²) in [5.41, 5.74) is 1.65. The van der Waals surface area contributed by atoms with Gasteiger partial charge in [-0.2, -0.15) is 5.26 Å². The molecule has 0 fully saturated rings. The Morgan fingerprint density at radius 3 is 2.67 bits per heavy atom. The van der Waals surface area contributed by atoms with Crippen LogP contribution >= 0.6 is 0 Å². The van der Waals surface area contributed by atoms with Gasteiger partial charge in [0.05, 0.1) is 18.2 Å². The quantitative estimate of drug-likeness (QED) is 0.730. The van der Waals surface area contributed by atoms with E-state index in [-0.39, 0.29) is 5.82 Å². The van der Waals surface area contributed by atoms with E-state index < -0.39 is 0 Å². The molecule has 1 heterocycles. The molecular weight excluding hydrogens is 267 g/mol. The number of ether oxygens (including phenoxy) is 1. The molecule has 21 heavy (non-hydrogen) atoms. The van der Waals surface area contributed by atoms with Gasteiger partial charge in [0.2, 0.25) is 0 Å². The molecule has 0 atom stereocenters. The van der Waals surface area contributed by atoms with E-state index in [9.17, 15) is 4.39 Å². The van der Waals surface area contributed by atoms with Crippen LogP contribution in [-0.4, -0.2) is 11.2 Å². The highest BCUT2D eigenvalue weighted by atomic mass is 19.1. The van der Waals surface area contributed by atoms with Crippen LogP contribution in [0.2, 0.25) is 0 Å². The van der Waals surface area contributed by atoms with E-state index in [1.54, 1.807) is 12.1 Å². The molecule has 0 amide bonds. The first-order chi connectivity index (χ1) is 10.3. The summed E-state index contributed by atoms with van der Waals surface area (Å²) in [6, 6.07) is 15.7. The van der Waals surface area contributed by atoms with Crippen LogP contribution < -0.4 is 4.74 Å². The van der Waals surface area contributed by atoms with Gasteiger partial charge in [-0.3, -0.25) is 0 Å². The Morgan fingerprint density at radius 2 is 1.90 bits per heavy atom. The van der Waals surface area contributed by atoms with Gasteiger partial charge in [0.25, 0.3) is 0 Å². The van der Waals surface area contributed by atoms with Crippen molar-refractivity contribution in [1.82, 2.24) is 4.57 Å². The van der Waals surface area contributed by atoms with Crippen LogP contribution in [0.1, 0.15) is 5.56 Å². The van der Waals surface area contributed by atoms with Crippen molar-refractivity contribution in [3.05, 3.63) is 66.1 Å². The van der Waals surface area contributed by atoms with Crippen molar-refractivity contribution in [2.75, 3.05) is 6.61 Å². The molecule has 3 rings (SSSR count). The summed E-state index contributed by atoms with van der Waals surface area (Å²) in [5, 5.41) is 10.1. The van der Waals surface area contributed by atoms with Crippen LogP contribution in [0.3, 0.4) is 0 Å². The van der Waals surface area contributed by atoms with Gasteiger partial charge < -0.3 is 9.30 Å². The van der Waals surface area contributed by atoms with Crippen LogP contribution in [0.25, 0.3) is 10.9 Å². The topological polar surface area (TPSA) is 38.0 Å². The highest BCUT2D eigenvalue weighted by molar-refractivity contribution is 5.81. The van der Waals surface area contributed by atoms with Crippen LogP contribution in [0, 0.1) is 17.1 Å². The molecule has 0 spiro atoms. The fourth-order valence-corrected chi connectivity index (χ4v) is 2.24. The molecule has 0 saturated carbocycles. The zero-order valence-corrected chi connectivity index (χ0v) is 11.3. The van der Waals surface area contributed by atoms with Crippen molar-refractivity contribution in [1.29, 1.82) is 5.26 Å². The summed E-state index contributed by atoms with van der Waals surface area (Å²) in [4.78, 5) is 0. The Kier molecular flexibility index (Phi) is 3.57. The third kappa shape index (κ3) is 2.87. The van der Waals surface area contributed by atoms with Crippen molar-refractivity contribution in [3.8, 4) is 11.8 Å². The van der Waals surface area contributed by atoms with E-state index in [4.69, 9.17) is 10.00 Å². The van der Waals surface area contributed by atoms with E-state index in [1.165, 1.54) is 12.1 Å². The van der Waals surface area contributed by atoms with Crippen molar-refractivity contribution in [2.24, 2.45) is 0 Å². The number of aromatic nitrogens is 1. The molecule has 0 unspecified atom stereocenters. The predicted octanol–water partition coefficient (Wildman–Crippen LogP) is 3.73. The van der Waals surface area contributed by atoms with Gasteiger partial charge in [-0.05, 0) is 47.9 Å². The maximum absolute atomic E-state index is 12.8. The first kappa shape index (κ1) is 13.2. The second-order valence-electron chi connectivity index (χ2n) is 4.70. The Hall–Kier alpha value is -2.80. The first-order valence-electron chi connectivity index (χ1n) is 6.63. The van der Waals surface area contributed by atoms with Gasteiger partial charge >= 0.3 is 0 Å². The van der Waals surface area contributed by atoms with Crippen molar-refractivity contribution in [2.45, 2.75) is 6.54 Å². The average molecular weight is 280 g/mol. The third-order valence-electron chi connectivity index (χ3n) is 3.32. The minimum atomic E-state index is -0.275. The van der Waals surface area contributed by atoms with E-state index in [1.807, 2.05) is 35.0 Å². The summed E-state index contributed by atoms with van der Waals surface area (Å²) >= 11 is 0. The number of halogens is 1.